The lowest BCUT2D eigenvalue weighted by Gasteiger charge is -2.05. The summed E-state index contributed by atoms with van der Waals surface area (Å²) in [6, 6.07) is 5.27. The molecule has 0 saturated heterocycles. The van der Waals surface area contributed by atoms with Crippen LogP contribution in [0.4, 0.5) is 0 Å². The van der Waals surface area contributed by atoms with Crippen molar-refractivity contribution in [3.8, 4) is 17.0 Å². The van der Waals surface area contributed by atoms with Crippen LogP contribution in [0.25, 0.3) is 11.1 Å². The van der Waals surface area contributed by atoms with Crippen LogP contribution in [0.2, 0.25) is 0 Å². The second-order valence-electron chi connectivity index (χ2n) is 3.17. The molecule has 0 unspecified atom stereocenters. The minimum absolute atomic E-state index is 0.430. The molecule has 0 aliphatic carbocycles. The Morgan fingerprint density at radius 1 is 1.31 bits per heavy atom. The van der Waals surface area contributed by atoms with Crippen molar-refractivity contribution < 1.29 is 9.53 Å². The first kappa shape index (κ1) is 10.3. The molecule has 0 N–H and O–H groups in total. The Labute approximate surface area is 92.9 Å². The Morgan fingerprint density at radius 3 is 2.69 bits per heavy atom. The highest BCUT2D eigenvalue weighted by Crippen LogP contribution is 2.23. The topological polar surface area (TPSA) is 52.1 Å². The van der Waals surface area contributed by atoms with Crippen molar-refractivity contribution in [3.63, 3.8) is 0 Å². The Balaban J connectivity index is 2.53. The summed E-state index contributed by atoms with van der Waals surface area (Å²) in [7, 11) is 1.52. The Morgan fingerprint density at radius 2 is 2.06 bits per heavy atom. The number of carbonyl (C=O) groups is 1. The van der Waals surface area contributed by atoms with Gasteiger partial charge in [-0.2, -0.15) is 0 Å². The number of rotatable bonds is 3. The summed E-state index contributed by atoms with van der Waals surface area (Å²) < 4.78 is 4.97. The number of carbonyl (C=O) groups excluding carboxylic acids is 1. The summed E-state index contributed by atoms with van der Waals surface area (Å²) in [6.45, 7) is 0. The molecule has 4 heteroatoms. The fourth-order valence-corrected chi connectivity index (χ4v) is 1.43. The van der Waals surface area contributed by atoms with Crippen molar-refractivity contribution in [2.24, 2.45) is 0 Å². The second-order valence-corrected chi connectivity index (χ2v) is 3.17. The van der Waals surface area contributed by atoms with E-state index in [9.17, 15) is 4.79 Å². The normalized spacial score (nSPS) is 9.81. The van der Waals surface area contributed by atoms with Gasteiger partial charge < -0.3 is 4.74 Å². The maximum atomic E-state index is 11.0. The third kappa shape index (κ3) is 1.91. The van der Waals surface area contributed by atoms with Crippen LogP contribution in [0.3, 0.4) is 0 Å². The minimum atomic E-state index is 0.430. The average molecular weight is 214 g/mol. The molecule has 0 fully saturated rings. The Kier molecular flexibility index (Phi) is 2.91. The summed E-state index contributed by atoms with van der Waals surface area (Å²) in [5, 5.41) is 0. The van der Waals surface area contributed by atoms with E-state index in [0.29, 0.717) is 11.4 Å². The van der Waals surface area contributed by atoms with Gasteiger partial charge in [0.1, 0.15) is 0 Å². The zero-order valence-electron chi connectivity index (χ0n) is 8.75. The van der Waals surface area contributed by atoms with Crippen molar-refractivity contribution in [3.05, 3.63) is 42.4 Å². The lowest BCUT2D eigenvalue weighted by molar-refractivity contribution is 0.112. The largest absolute Gasteiger partial charge is 0.481 e. The molecule has 0 spiro atoms. The van der Waals surface area contributed by atoms with E-state index in [-0.39, 0.29) is 0 Å². The Hall–Kier alpha value is -2.23. The highest BCUT2D eigenvalue weighted by molar-refractivity contribution is 5.87. The van der Waals surface area contributed by atoms with E-state index < -0.39 is 0 Å². The van der Waals surface area contributed by atoms with Crippen molar-refractivity contribution in [1.82, 2.24) is 9.97 Å². The summed E-state index contributed by atoms with van der Waals surface area (Å²) >= 11 is 0. The van der Waals surface area contributed by atoms with Crippen LogP contribution in [-0.4, -0.2) is 23.4 Å². The molecule has 2 rings (SSSR count). The zero-order valence-corrected chi connectivity index (χ0v) is 8.75. The average Bonchev–Trinajstić information content (AvgIpc) is 2.39. The third-order valence-electron chi connectivity index (χ3n) is 2.24. The van der Waals surface area contributed by atoms with E-state index >= 15 is 0 Å². The molecule has 0 aliphatic heterocycles. The SMILES string of the molecule is COc1cc(C=O)c(-c2ccncc2)cn1. The molecule has 2 aromatic rings. The monoisotopic (exact) mass is 214 g/mol. The molecule has 0 atom stereocenters. The lowest BCUT2D eigenvalue weighted by Crippen LogP contribution is -1.93. The molecule has 4 nitrogen and oxygen atoms in total. The van der Waals surface area contributed by atoms with Crippen LogP contribution in [0, 0.1) is 0 Å². The predicted molar refractivity (Wildman–Crippen MR) is 59.4 cm³/mol. The first-order valence-corrected chi connectivity index (χ1v) is 4.74. The van der Waals surface area contributed by atoms with Gasteiger partial charge in [0, 0.05) is 35.8 Å². The Bertz CT molecular complexity index is 498. The second kappa shape index (κ2) is 4.53. The molecular formula is C12H10N2O2. The smallest absolute Gasteiger partial charge is 0.213 e. The van der Waals surface area contributed by atoms with E-state index in [0.717, 1.165) is 17.4 Å². The van der Waals surface area contributed by atoms with Gasteiger partial charge in [-0.3, -0.25) is 9.78 Å². The van der Waals surface area contributed by atoms with Crippen molar-refractivity contribution in [2.75, 3.05) is 7.11 Å². The van der Waals surface area contributed by atoms with E-state index in [1.807, 2.05) is 12.1 Å². The summed E-state index contributed by atoms with van der Waals surface area (Å²) in [5.41, 5.74) is 2.24. The van der Waals surface area contributed by atoms with Gasteiger partial charge >= 0.3 is 0 Å². The fourth-order valence-electron chi connectivity index (χ4n) is 1.43. The zero-order chi connectivity index (χ0) is 11.4. The number of pyridine rings is 2. The van der Waals surface area contributed by atoms with E-state index in [4.69, 9.17) is 4.74 Å². The van der Waals surface area contributed by atoms with Crippen molar-refractivity contribution in [1.29, 1.82) is 0 Å². The molecular weight excluding hydrogens is 204 g/mol. The molecule has 2 aromatic heterocycles. The maximum absolute atomic E-state index is 11.0. The van der Waals surface area contributed by atoms with Gasteiger partial charge in [0.25, 0.3) is 0 Å². The van der Waals surface area contributed by atoms with Crippen LogP contribution in [-0.2, 0) is 0 Å². The number of hydrogen-bond acceptors (Lipinski definition) is 4. The van der Waals surface area contributed by atoms with Crippen LogP contribution in [0.5, 0.6) is 5.88 Å². The summed E-state index contributed by atoms with van der Waals surface area (Å²) in [4.78, 5) is 19.0. The van der Waals surface area contributed by atoms with E-state index in [2.05, 4.69) is 9.97 Å². The molecule has 0 aromatic carbocycles. The van der Waals surface area contributed by atoms with Crippen LogP contribution in [0.1, 0.15) is 10.4 Å². The molecule has 0 amide bonds. The van der Waals surface area contributed by atoms with Crippen LogP contribution >= 0.6 is 0 Å². The number of aldehydes is 1. The number of nitrogens with zero attached hydrogens (tertiary/aromatic N) is 2. The van der Waals surface area contributed by atoms with Gasteiger partial charge in [-0.25, -0.2) is 4.98 Å². The van der Waals surface area contributed by atoms with E-state index in [1.165, 1.54) is 7.11 Å². The van der Waals surface area contributed by atoms with Gasteiger partial charge in [0.05, 0.1) is 7.11 Å². The molecule has 16 heavy (non-hydrogen) atoms. The van der Waals surface area contributed by atoms with Crippen LogP contribution < -0.4 is 4.74 Å². The quantitative estimate of drug-likeness (QED) is 0.733. The highest BCUT2D eigenvalue weighted by Gasteiger charge is 2.06. The van der Waals surface area contributed by atoms with Gasteiger partial charge in [0.2, 0.25) is 5.88 Å². The van der Waals surface area contributed by atoms with Crippen LogP contribution in [0.15, 0.2) is 36.8 Å². The lowest BCUT2D eigenvalue weighted by atomic mass is 10.0. The fraction of sp³-hybridized carbons (Fsp3) is 0.0833. The van der Waals surface area contributed by atoms with Gasteiger partial charge in [-0.1, -0.05) is 0 Å². The van der Waals surface area contributed by atoms with Gasteiger partial charge in [0.15, 0.2) is 6.29 Å². The van der Waals surface area contributed by atoms with Gasteiger partial charge in [-0.05, 0) is 17.7 Å². The maximum Gasteiger partial charge on any atom is 0.213 e. The number of hydrogen-bond donors (Lipinski definition) is 0. The first-order valence-electron chi connectivity index (χ1n) is 4.74. The molecule has 80 valence electrons. The highest BCUT2D eigenvalue weighted by atomic mass is 16.5. The molecule has 0 radical (unpaired) electrons. The minimum Gasteiger partial charge on any atom is -0.481 e. The third-order valence-corrected chi connectivity index (χ3v) is 2.24. The van der Waals surface area contributed by atoms with Crippen molar-refractivity contribution in [2.45, 2.75) is 0 Å². The molecule has 0 saturated carbocycles. The number of methoxy groups -OCH3 is 1. The first-order chi connectivity index (χ1) is 7.85. The van der Waals surface area contributed by atoms with E-state index in [1.54, 1.807) is 24.7 Å². The van der Waals surface area contributed by atoms with Crippen molar-refractivity contribution >= 4 is 6.29 Å². The predicted octanol–water partition coefficient (Wildman–Crippen LogP) is 1.96. The summed E-state index contributed by atoms with van der Waals surface area (Å²) in [6.07, 6.45) is 5.76. The number of ether oxygens (including phenoxy) is 1. The molecule has 0 aliphatic rings. The molecule has 0 bridgehead atoms. The van der Waals surface area contributed by atoms with Gasteiger partial charge in [-0.15, -0.1) is 0 Å². The standard InChI is InChI=1S/C12H10N2O2/c1-16-12-6-10(8-15)11(7-14-12)9-2-4-13-5-3-9/h2-8H,1H3. The molecule has 2 heterocycles. The number of aromatic nitrogens is 2. The summed E-state index contributed by atoms with van der Waals surface area (Å²) in [5.74, 6) is 0.430.